The number of pyridine rings is 1. The van der Waals surface area contributed by atoms with E-state index < -0.39 is 0 Å². The molecule has 0 saturated heterocycles. The summed E-state index contributed by atoms with van der Waals surface area (Å²) in [4.78, 5) is 9.09. The zero-order valence-electron chi connectivity index (χ0n) is 17.9. The molecule has 0 atom stereocenters. The normalized spacial score (nSPS) is 12.0. The van der Waals surface area contributed by atoms with Crippen molar-refractivity contribution in [2.45, 2.75) is 46.7 Å². The van der Waals surface area contributed by atoms with Gasteiger partial charge in [0.1, 0.15) is 5.75 Å². The zero-order chi connectivity index (χ0) is 21.2. The van der Waals surface area contributed by atoms with Crippen molar-refractivity contribution in [2.75, 3.05) is 18.0 Å². The van der Waals surface area contributed by atoms with E-state index >= 15 is 0 Å². The van der Waals surface area contributed by atoms with Gasteiger partial charge in [-0.15, -0.1) is 0 Å². The molecular formula is C24H30ClN3O. The van der Waals surface area contributed by atoms with Gasteiger partial charge in [-0.25, -0.2) is 0 Å². The number of hydrogen-bond donors (Lipinski definition) is 1. The highest BCUT2D eigenvalue weighted by molar-refractivity contribution is 6.31. The molecule has 0 spiro atoms. The fraction of sp³-hybridized carbons (Fsp3) is 0.375. The highest BCUT2D eigenvalue weighted by atomic mass is 35.5. The molecule has 3 aromatic rings. The van der Waals surface area contributed by atoms with Crippen LogP contribution in [-0.2, 0) is 6.54 Å². The Bertz CT molecular complexity index is 993. The molecule has 1 heterocycles. The number of nitrogens with zero attached hydrogens (tertiary/aromatic N) is 3. The number of aromatic hydroxyl groups is 1. The second-order valence-electron chi connectivity index (χ2n) is 8.27. The molecule has 0 aliphatic carbocycles. The molecule has 4 nitrogen and oxygen atoms in total. The quantitative estimate of drug-likeness (QED) is 0.511. The first-order valence-corrected chi connectivity index (χ1v) is 10.5. The summed E-state index contributed by atoms with van der Waals surface area (Å²) in [6.45, 7) is 13.4. The molecule has 154 valence electrons. The van der Waals surface area contributed by atoms with Gasteiger partial charge in [-0.05, 0) is 76.3 Å². The molecule has 0 amide bonds. The molecule has 5 heteroatoms. The second-order valence-corrected chi connectivity index (χ2v) is 8.71. The monoisotopic (exact) mass is 411 g/mol. The van der Waals surface area contributed by atoms with Crippen LogP contribution in [0.2, 0.25) is 5.02 Å². The van der Waals surface area contributed by atoms with Crippen molar-refractivity contribution in [3.63, 3.8) is 0 Å². The van der Waals surface area contributed by atoms with Crippen molar-refractivity contribution in [1.29, 1.82) is 0 Å². The maximum atomic E-state index is 10.5. The second kappa shape index (κ2) is 8.60. The Morgan fingerprint density at radius 2 is 1.72 bits per heavy atom. The van der Waals surface area contributed by atoms with Crippen LogP contribution >= 0.6 is 11.6 Å². The van der Waals surface area contributed by atoms with Crippen LogP contribution in [0.3, 0.4) is 0 Å². The highest BCUT2D eigenvalue weighted by Gasteiger charge is 2.26. The lowest BCUT2D eigenvalue weighted by Crippen LogP contribution is -2.37. The molecule has 0 aliphatic rings. The van der Waals surface area contributed by atoms with Crippen LogP contribution in [0.25, 0.3) is 10.9 Å². The predicted molar refractivity (Wildman–Crippen MR) is 123 cm³/mol. The molecule has 29 heavy (non-hydrogen) atoms. The SMILES string of the molecule is CCN(CC)Cc1cc(N(c2ccnc3cc(Cl)ccc23)C(C)(C)C)ccc1O. The lowest BCUT2D eigenvalue weighted by molar-refractivity contribution is 0.291. The third-order valence-corrected chi connectivity index (χ3v) is 5.44. The maximum Gasteiger partial charge on any atom is 0.120 e. The van der Waals surface area contributed by atoms with E-state index in [-0.39, 0.29) is 5.54 Å². The van der Waals surface area contributed by atoms with Crippen molar-refractivity contribution in [3.05, 3.63) is 59.2 Å². The minimum atomic E-state index is -0.183. The smallest absolute Gasteiger partial charge is 0.120 e. The number of phenolic OH excluding ortho intramolecular Hbond substituents is 1. The van der Waals surface area contributed by atoms with Gasteiger partial charge in [0.25, 0.3) is 0 Å². The average Bonchev–Trinajstić information content (AvgIpc) is 2.67. The van der Waals surface area contributed by atoms with Gasteiger partial charge in [0, 0.05) is 39.9 Å². The predicted octanol–water partition coefficient (Wildman–Crippen LogP) is 6.37. The minimum Gasteiger partial charge on any atom is -0.508 e. The van der Waals surface area contributed by atoms with Gasteiger partial charge < -0.3 is 10.0 Å². The van der Waals surface area contributed by atoms with Crippen molar-refractivity contribution in [2.24, 2.45) is 0 Å². The molecular weight excluding hydrogens is 382 g/mol. The lowest BCUT2D eigenvalue weighted by atomic mass is 10.0. The number of aromatic nitrogens is 1. The van der Waals surface area contributed by atoms with Gasteiger partial charge in [-0.2, -0.15) is 0 Å². The highest BCUT2D eigenvalue weighted by Crippen LogP contribution is 2.39. The molecule has 1 aromatic heterocycles. The van der Waals surface area contributed by atoms with Crippen molar-refractivity contribution in [1.82, 2.24) is 9.88 Å². The summed E-state index contributed by atoms with van der Waals surface area (Å²) >= 11 is 6.19. The van der Waals surface area contributed by atoms with E-state index in [1.54, 1.807) is 6.07 Å². The van der Waals surface area contributed by atoms with E-state index in [1.807, 2.05) is 36.5 Å². The number of hydrogen-bond acceptors (Lipinski definition) is 4. The Balaban J connectivity index is 2.15. The fourth-order valence-corrected chi connectivity index (χ4v) is 3.88. The largest absolute Gasteiger partial charge is 0.508 e. The van der Waals surface area contributed by atoms with Crippen molar-refractivity contribution in [3.8, 4) is 5.75 Å². The number of benzene rings is 2. The molecule has 3 rings (SSSR count). The summed E-state index contributed by atoms with van der Waals surface area (Å²) in [6, 6.07) is 13.7. The molecule has 2 aromatic carbocycles. The van der Waals surface area contributed by atoms with E-state index in [9.17, 15) is 5.11 Å². The van der Waals surface area contributed by atoms with Crippen LogP contribution in [-0.4, -0.2) is 33.6 Å². The van der Waals surface area contributed by atoms with Crippen LogP contribution < -0.4 is 4.90 Å². The first-order chi connectivity index (χ1) is 13.7. The molecule has 0 bridgehead atoms. The molecule has 0 aliphatic heterocycles. The summed E-state index contributed by atoms with van der Waals surface area (Å²) < 4.78 is 0. The number of rotatable bonds is 6. The van der Waals surface area contributed by atoms with Gasteiger partial charge in [-0.1, -0.05) is 25.4 Å². The standard InChI is InChI=1S/C24H30ClN3O/c1-6-27(7-2)16-17-14-19(9-11-23(17)29)28(24(3,4)5)22-12-13-26-21-15-18(25)8-10-20(21)22/h8-15,29H,6-7,16H2,1-5H3. The van der Waals surface area contributed by atoms with E-state index in [0.717, 1.165) is 47.5 Å². The molecule has 0 radical (unpaired) electrons. The van der Waals surface area contributed by atoms with Crippen LogP contribution in [0.4, 0.5) is 11.4 Å². The molecule has 0 unspecified atom stereocenters. The summed E-state index contributed by atoms with van der Waals surface area (Å²) in [5, 5.41) is 12.2. The minimum absolute atomic E-state index is 0.183. The first kappa shape index (κ1) is 21.4. The third kappa shape index (κ3) is 4.65. The summed E-state index contributed by atoms with van der Waals surface area (Å²) in [5.41, 5.74) is 3.73. The summed E-state index contributed by atoms with van der Waals surface area (Å²) in [6.07, 6.45) is 1.82. The van der Waals surface area contributed by atoms with Crippen LogP contribution in [0.5, 0.6) is 5.75 Å². The van der Waals surface area contributed by atoms with E-state index in [4.69, 9.17) is 11.6 Å². The Labute approximate surface area is 178 Å². The summed E-state index contributed by atoms with van der Waals surface area (Å²) in [7, 11) is 0. The fourth-order valence-electron chi connectivity index (χ4n) is 3.71. The number of fused-ring (bicyclic) bond motifs is 1. The Hall–Kier alpha value is -2.30. The maximum absolute atomic E-state index is 10.5. The van der Waals surface area contributed by atoms with Gasteiger partial charge in [-0.3, -0.25) is 9.88 Å². The Kier molecular flexibility index (Phi) is 6.35. The van der Waals surface area contributed by atoms with Crippen LogP contribution in [0.15, 0.2) is 48.7 Å². The van der Waals surface area contributed by atoms with Gasteiger partial charge in [0.2, 0.25) is 0 Å². The Morgan fingerprint density at radius 1 is 1.00 bits per heavy atom. The molecule has 1 N–H and O–H groups in total. The first-order valence-electron chi connectivity index (χ1n) is 10.1. The van der Waals surface area contributed by atoms with Crippen LogP contribution in [0, 0.1) is 0 Å². The average molecular weight is 412 g/mol. The van der Waals surface area contributed by atoms with Gasteiger partial charge in [0.15, 0.2) is 0 Å². The summed E-state index contributed by atoms with van der Waals surface area (Å²) in [5.74, 6) is 0.334. The van der Waals surface area contributed by atoms with Gasteiger partial charge >= 0.3 is 0 Å². The lowest BCUT2D eigenvalue weighted by Gasteiger charge is -2.39. The van der Waals surface area contributed by atoms with Crippen molar-refractivity contribution < 1.29 is 5.11 Å². The number of anilines is 2. The number of phenols is 1. The number of halogens is 1. The zero-order valence-corrected chi connectivity index (χ0v) is 18.7. The van der Waals surface area contributed by atoms with Crippen LogP contribution in [0.1, 0.15) is 40.2 Å². The molecule has 0 fully saturated rings. The van der Waals surface area contributed by atoms with E-state index in [2.05, 4.69) is 55.5 Å². The topological polar surface area (TPSA) is 39.6 Å². The van der Waals surface area contributed by atoms with Crippen molar-refractivity contribution >= 4 is 33.9 Å². The van der Waals surface area contributed by atoms with E-state index in [1.165, 1.54) is 0 Å². The van der Waals surface area contributed by atoms with E-state index in [0.29, 0.717) is 10.8 Å². The Morgan fingerprint density at radius 3 is 2.38 bits per heavy atom. The molecule has 0 saturated carbocycles. The third-order valence-electron chi connectivity index (χ3n) is 5.20. The van der Waals surface area contributed by atoms with Gasteiger partial charge in [0.05, 0.1) is 11.2 Å².